The van der Waals surface area contributed by atoms with Crippen LogP contribution in [0, 0.1) is 0 Å². The van der Waals surface area contributed by atoms with Crippen molar-refractivity contribution in [3.05, 3.63) is 29.0 Å². The quantitative estimate of drug-likeness (QED) is 0.762. The minimum absolute atomic E-state index is 0.0479. The van der Waals surface area contributed by atoms with Gasteiger partial charge in [0, 0.05) is 23.2 Å². The van der Waals surface area contributed by atoms with Crippen LogP contribution < -0.4 is 5.32 Å². The van der Waals surface area contributed by atoms with E-state index >= 15 is 0 Å². The number of nitrogens with one attached hydrogen (secondary N) is 1. The van der Waals surface area contributed by atoms with E-state index in [9.17, 15) is 8.42 Å². The molecule has 3 aromatic rings. The van der Waals surface area contributed by atoms with Gasteiger partial charge in [-0.15, -0.1) is 15.3 Å². The first-order chi connectivity index (χ1) is 10.4. The first kappa shape index (κ1) is 14.9. The van der Waals surface area contributed by atoms with Crippen LogP contribution in [0.4, 0.5) is 5.82 Å². The molecular formula is C13H15N5O2S2. The van der Waals surface area contributed by atoms with Gasteiger partial charge in [0.05, 0.1) is 5.75 Å². The predicted octanol–water partition coefficient (Wildman–Crippen LogP) is 1.70. The lowest BCUT2D eigenvalue weighted by Crippen LogP contribution is -2.25. The molecule has 0 aliphatic heterocycles. The highest BCUT2D eigenvalue weighted by Crippen LogP contribution is 2.21. The van der Waals surface area contributed by atoms with Crippen LogP contribution in [0.15, 0.2) is 29.0 Å². The summed E-state index contributed by atoms with van der Waals surface area (Å²) in [5.74, 6) is 1.29. The second-order valence-corrected chi connectivity index (χ2v) is 8.13. The minimum Gasteiger partial charge on any atom is -0.365 e. The molecule has 0 bridgehead atoms. The lowest BCUT2D eigenvalue weighted by Gasteiger charge is -2.13. The summed E-state index contributed by atoms with van der Waals surface area (Å²) in [5, 5.41) is 19.7. The van der Waals surface area contributed by atoms with E-state index in [-0.39, 0.29) is 11.8 Å². The Labute approximate surface area is 131 Å². The highest BCUT2D eigenvalue weighted by atomic mass is 32.2. The van der Waals surface area contributed by atoms with Crippen LogP contribution in [0.25, 0.3) is 17.0 Å². The Morgan fingerprint density at radius 2 is 2.14 bits per heavy atom. The standard InChI is InChI=1S/C13H15N5O2S2/c1-9(8-22(2,19)20)14-11-3-4-12-15-16-13(18(12)17-11)10-5-6-21-7-10/h3-7,9H,8H2,1-2H3,(H,14,17). The summed E-state index contributed by atoms with van der Waals surface area (Å²) in [7, 11) is -3.04. The fourth-order valence-corrected chi connectivity index (χ4v) is 3.81. The Morgan fingerprint density at radius 1 is 1.32 bits per heavy atom. The molecule has 1 atom stereocenters. The monoisotopic (exact) mass is 337 g/mol. The van der Waals surface area contributed by atoms with Gasteiger partial charge < -0.3 is 5.32 Å². The fraction of sp³-hybridized carbons (Fsp3) is 0.308. The first-order valence-corrected chi connectivity index (χ1v) is 9.62. The van der Waals surface area contributed by atoms with Gasteiger partial charge in [0.25, 0.3) is 0 Å². The summed E-state index contributed by atoms with van der Waals surface area (Å²) in [6.45, 7) is 1.80. The van der Waals surface area contributed by atoms with Crippen molar-refractivity contribution in [1.82, 2.24) is 19.8 Å². The van der Waals surface area contributed by atoms with Gasteiger partial charge in [-0.05, 0) is 30.5 Å². The van der Waals surface area contributed by atoms with Crippen LogP contribution in [0.5, 0.6) is 0 Å². The van der Waals surface area contributed by atoms with Crippen molar-refractivity contribution < 1.29 is 8.42 Å². The Kier molecular flexibility index (Phi) is 3.83. The molecule has 0 spiro atoms. The number of fused-ring (bicyclic) bond motifs is 1. The van der Waals surface area contributed by atoms with Gasteiger partial charge in [0.15, 0.2) is 11.5 Å². The van der Waals surface area contributed by atoms with Gasteiger partial charge in [0.2, 0.25) is 0 Å². The molecule has 0 aliphatic rings. The largest absolute Gasteiger partial charge is 0.365 e. The molecule has 0 aliphatic carbocycles. The highest BCUT2D eigenvalue weighted by molar-refractivity contribution is 7.90. The smallest absolute Gasteiger partial charge is 0.186 e. The predicted molar refractivity (Wildman–Crippen MR) is 86.9 cm³/mol. The Balaban J connectivity index is 1.91. The molecule has 0 amide bonds. The number of rotatable bonds is 5. The van der Waals surface area contributed by atoms with Gasteiger partial charge in [-0.25, -0.2) is 8.42 Å². The van der Waals surface area contributed by atoms with Gasteiger partial charge in [0.1, 0.15) is 15.7 Å². The molecule has 0 fully saturated rings. The Morgan fingerprint density at radius 3 is 2.82 bits per heavy atom. The van der Waals surface area contributed by atoms with E-state index in [1.165, 1.54) is 6.26 Å². The molecule has 0 saturated heterocycles. The Bertz CT molecular complexity index is 886. The summed E-state index contributed by atoms with van der Waals surface area (Å²) >= 11 is 1.58. The van der Waals surface area contributed by atoms with Gasteiger partial charge in [-0.1, -0.05) is 0 Å². The number of hydrogen-bond donors (Lipinski definition) is 1. The second kappa shape index (κ2) is 5.65. The normalized spacial score (nSPS) is 13.4. The lowest BCUT2D eigenvalue weighted by atomic mass is 10.3. The lowest BCUT2D eigenvalue weighted by molar-refractivity contribution is 0.597. The maximum atomic E-state index is 11.3. The number of thiophene rings is 1. The number of hydrogen-bond acceptors (Lipinski definition) is 7. The van der Waals surface area contributed by atoms with Crippen molar-refractivity contribution in [2.24, 2.45) is 0 Å². The summed E-state index contributed by atoms with van der Waals surface area (Å²) in [6, 6.07) is 5.28. The molecule has 3 rings (SSSR count). The minimum atomic E-state index is -3.04. The Hall–Kier alpha value is -2.00. The molecule has 116 valence electrons. The van der Waals surface area contributed by atoms with E-state index in [0.29, 0.717) is 17.3 Å². The van der Waals surface area contributed by atoms with Crippen molar-refractivity contribution >= 4 is 32.6 Å². The second-order valence-electron chi connectivity index (χ2n) is 5.16. The molecule has 9 heteroatoms. The van der Waals surface area contributed by atoms with E-state index in [4.69, 9.17) is 0 Å². The molecule has 7 nitrogen and oxygen atoms in total. The van der Waals surface area contributed by atoms with Crippen molar-refractivity contribution in [3.8, 4) is 11.4 Å². The third kappa shape index (κ3) is 3.25. The van der Waals surface area contributed by atoms with Gasteiger partial charge >= 0.3 is 0 Å². The molecule has 3 aromatic heterocycles. The maximum absolute atomic E-state index is 11.3. The van der Waals surface area contributed by atoms with Gasteiger partial charge in [-0.3, -0.25) is 0 Å². The van der Waals surface area contributed by atoms with Crippen molar-refractivity contribution in [2.75, 3.05) is 17.3 Å². The average molecular weight is 337 g/mol. The first-order valence-electron chi connectivity index (χ1n) is 6.62. The third-order valence-corrected chi connectivity index (χ3v) is 4.78. The summed E-state index contributed by atoms with van der Waals surface area (Å²) in [4.78, 5) is 0. The molecule has 22 heavy (non-hydrogen) atoms. The number of anilines is 1. The fourth-order valence-electron chi connectivity index (χ4n) is 2.19. The van der Waals surface area contributed by atoms with E-state index < -0.39 is 9.84 Å². The zero-order chi connectivity index (χ0) is 15.7. The molecular weight excluding hydrogens is 322 g/mol. The summed E-state index contributed by atoms with van der Waals surface area (Å²) in [6.07, 6.45) is 1.22. The summed E-state index contributed by atoms with van der Waals surface area (Å²) in [5.41, 5.74) is 1.59. The van der Waals surface area contributed by atoms with Gasteiger partial charge in [-0.2, -0.15) is 15.9 Å². The SMILES string of the molecule is CC(CS(C)(=O)=O)Nc1ccc2nnc(-c3ccsc3)n2n1. The van der Waals surface area contributed by atoms with Crippen LogP contribution in [0.1, 0.15) is 6.92 Å². The summed E-state index contributed by atoms with van der Waals surface area (Å²) < 4.78 is 24.3. The molecule has 0 saturated carbocycles. The maximum Gasteiger partial charge on any atom is 0.186 e. The van der Waals surface area contributed by atoms with Crippen LogP contribution in [-0.4, -0.2) is 46.3 Å². The zero-order valence-corrected chi connectivity index (χ0v) is 13.7. The zero-order valence-electron chi connectivity index (χ0n) is 12.1. The number of nitrogens with zero attached hydrogens (tertiary/aromatic N) is 4. The molecule has 0 radical (unpaired) electrons. The topological polar surface area (TPSA) is 89.2 Å². The number of sulfone groups is 1. The van der Waals surface area contributed by atoms with E-state index in [2.05, 4.69) is 20.6 Å². The van der Waals surface area contributed by atoms with E-state index in [0.717, 1.165) is 5.56 Å². The van der Waals surface area contributed by atoms with Crippen LogP contribution in [-0.2, 0) is 9.84 Å². The average Bonchev–Trinajstić information content (AvgIpc) is 3.03. The highest BCUT2D eigenvalue weighted by Gasteiger charge is 2.13. The van der Waals surface area contributed by atoms with Crippen molar-refractivity contribution in [3.63, 3.8) is 0 Å². The van der Waals surface area contributed by atoms with Crippen LogP contribution >= 0.6 is 11.3 Å². The molecule has 1 N–H and O–H groups in total. The van der Waals surface area contributed by atoms with Crippen molar-refractivity contribution in [2.45, 2.75) is 13.0 Å². The number of aromatic nitrogens is 4. The van der Waals surface area contributed by atoms with Crippen molar-refractivity contribution in [1.29, 1.82) is 0 Å². The van der Waals surface area contributed by atoms with E-state index in [1.54, 1.807) is 34.9 Å². The molecule has 1 unspecified atom stereocenters. The van der Waals surface area contributed by atoms with E-state index in [1.807, 2.05) is 16.8 Å². The van der Waals surface area contributed by atoms with Crippen LogP contribution in [0.2, 0.25) is 0 Å². The molecule has 0 aromatic carbocycles. The third-order valence-electron chi connectivity index (χ3n) is 2.99. The van der Waals surface area contributed by atoms with Crippen LogP contribution in [0.3, 0.4) is 0 Å². The molecule has 3 heterocycles.